The van der Waals surface area contributed by atoms with Crippen molar-refractivity contribution in [3.8, 4) is 0 Å². The first-order valence-electron chi connectivity index (χ1n) is 2.73. The molecule has 0 fully saturated rings. The highest BCUT2D eigenvalue weighted by Gasteiger charge is 2.00. The summed E-state index contributed by atoms with van der Waals surface area (Å²) in [6, 6.07) is -0.138. The van der Waals surface area contributed by atoms with Gasteiger partial charge in [0, 0.05) is 6.04 Å². The van der Waals surface area contributed by atoms with Gasteiger partial charge in [0.2, 0.25) is 0 Å². The summed E-state index contributed by atoms with van der Waals surface area (Å²) in [5, 5.41) is 19.1. The van der Waals surface area contributed by atoms with Gasteiger partial charge in [-0.05, 0) is 6.92 Å². The van der Waals surface area contributed by atoms with Crippen molar-refractivity contribution in [1.82, 2.24) is 5.32 Å². The van der Waals surface area contributed by atoms with Crippen LogP contribution >= 0.6 is 0 Å². The van der Waals surface area contributed by atoms with Crippen molar-refractivity contribution in [2.24, 2.45) is 0 Å². The Labute approximate surface area is 53.5 Å². The minimum absolute atomic E-state index is 0.0344. The van der Waals surface area contributed by atoms with Crippen molar-refractivity contribution in [1.29, 1.82) is 0 Å². The van der Waals surface area contributed by atoms with Gasteiger partial charge in [-0.25, -0.2) is 0 Å². The quantitative estimate of drug-likeness (QED) is 0.462. The molecular formula is C5H11NO3. The van der Waals surface area contributed by atoms with Crippen LogP contribution in [0.25, 0.3) is 0 Å². The predicted molar refractivity (Wildman–Crippen MR) is 32.2 cm³/mol. The zero-order valence-electron chi connectivity index (χ0n) is 5.29. The first kappa shape index (κ1) is 8.39. The lowest BCUT2D eigenvalue weighted by atomic mass is 10.4. The van der Waals surface area contributed by atoms with E-state index in [9.17, 15) is 4.79 Å². The van der Waals surface area contributed by atoms with Crippen molar-refractivity contribution in [3.05, 3.63) is 0 Å². The highest BCUT2D eigenvalue weighted by atomic mass is 16.4. The van der Waals surface area contributed by atoms with Gasteiger partial charge in [0.05, 0.1) is 13.2 Å². The van der Waals surface area contributed by atoms with E-state index in [0.29, 0.717) is 0 Å². The van der Waals surface area contributed by atoms with Gasteiger partial charge in [0.15, 0.2) is 0 Å². The minimum atomic E-state index is -0.907. The molecule has 0 aromatic heterocycles. The normalized spacial score (nSPS) is 13.1. The molecule has 3 N–H and O–H groups in total. The van der Waals surface area contributed by atoms with Crippen LogP contribution in [-0.2, 0) is 4.79 Å². The molecule has 0 saturated heterocycles. The van der Waals surface area contributed by atoms with E-state index >= 15 is 0 Å². The van der Waals surface area contributed by atoms with Crippen LogP contribution < -0.4 is 5.32 Å². The Balaban J connectivity index is 3.16. The molecule has 0 aliphatic rings. The van der Waals surface area contributed by atoms with E-state index in [4.69, 9.17) is 10.2 Å². The number of hydrogen-bond acceptors (Lipinski definition) is 3. The Morgan fingerprint density at radius 1 is 1.78 bits per heavy atom. The fourth-order valence-electron chi connectivity index (χ4n) is 0.326. The van der Waals surface area contributed by atoms with Crippen LogP contribution in [0.2, 0.25) is 0 Å². The molecule has 1 atom stereocenters. The summed E-state index contributed by atoms with van der Waals surface area (Å²) >= 11 is 0. The molecule has 0 heterocycles. The van der Waals surface area contributed by atoms with Gasteiger partial charge in [-0.15, -0.1) is 0 Å². The second kappa shape index (κ2) is 4.29. The number of hydrogen-bond donors (Lipinski definition) is 3. The summed E-state index contributed by atoms with van der Waals surface area (Å²) < 4.78 is 0. The summed E-state index contributed by atoms with van der Waals surface area (Å²) in [4.78, 5) is 9.88. The van der Waals surface area contributed by atoms with Crippen molar-refractivity contribution < 1.29 is 15.0 Å². The van der Waals surface area contributed by atoms with E-state index in [1.165, 1.54) is 0 Å². The summed E-state index contributed by atoms with van der Waals surface area (Å²) in [5.41, 5.74) is 0. The van der Waals surface area contributed by atoms with E-state index in [-0.39, 0.29) is 19.2 Å². The molecule has 4 nitrogen and oxygen atoms in total. The molecule has 0 bridgehead atoms. The summed E-state index contributed by atoms with van der Waals surface area (Å²) in [5.74, 6) is -0.907. The third-order valence-electron chi connectivity index (χ3n) is 0.876. The largest absolute Gasteiger partial charge is 0.480 e. The number of rotatable bonds is 4. The van der Waals surface area contributed by atoms with E-state index in [2.05, 4.69) is 5.32 Å². The summed E-state index contributed by atoms with van der Waals surface area (Å²) in [6.45, 7) is 1.58. The van der Waals surface area contributed by atoms with E-state index in [1.54, 1.807) is 6.92 Å². The lowest BCUT2D eigenvalue weighted by Crippen LogP contribution is -2.33. The molecule has 0 aromatic carbocycles. The smallest absolute Gasteiger partial charge is 0.317 e. The number of carbonyl (C=O) groups is 1. The van der Waals surface area contributed by atoms with Crippen LogP contribution in [0.3, 0.4) is 0 Å². The third kappa shape index (κ3) is 5.26. The zero-order chi connectivity index (χ0) is 7.28. The lowest BCUT2D eigenvalue weighted by molar-refractivity contribution is -0.136. The SMILES string of the molecule is C[C@H](CO)NCC(=O)O. The molecule has 0 aromatic rings. The third-order valence-corrected chi connectivity index (χ3v) is 0.876. The topological polar surface area (TPSA) is 69.6 Å². The Hall–Kier alpha value is -0.610. The molecule has 0 spiro atoms. The first-order valence-corrected chi connectivity index (χ1v) is 2.73. The maximum absolute atomic E-state index is 9.88. The number of aliphatic carboxylic acids is 1. The highest BCUT2D eigenvalue weighted by molar-refractivity contribution is 5.69. The monoisotopic (exact) mass is 133 g/mol. The minimum Gasteiger partial charge on any atom is -0.480 e. The standard InChI is InChI=1S/C5H11NO3/c1-4(3-7)6-2-5(8)9/h4,6-7H,2-3H2,1H3,(H,8,9)/t4-/m1/s1. The molecule has 9 heavy (non-hydrogen) atoms. The second-order valence-corrected chi connectivity index (χ2v) is 1.86. The van der Waals surface area contributed by atoms with Crippen LogP contribution in [0.1, 0.15) is 6.92 Å². The van der Waals surface area contributed by atoms with E-state index in [1.807, 2.05) is 0 Å². The van der Waals surface area contributed by atoms with Gasteiger partial charge in [0.1, 0.15) is 0 Å². The van der Waals surface area contributed by atoms with Crippen molar-refractivity contribution in [3.63, 3.8) is 0 Å². The van der Waals surface area contributed by atoms with Crippen LogP contribution in [0.15, 0.2) is 0 Å². The predicted octanol–water partition coefficient (Wildman–Crippen LogP) is -0.959. The van der Waals surface area contributed by atoms with Gasteiger partial charge < -0.3 is 15.5 Å². The van der Waals surface area contributed by atoms with Crippen molar-refractivity contribution in [2.75, 3.05) is 13.2 Å². The number of carboxylic acid groups (broad SMARTS) is 1. The Morgan fingerprint density at radius 2 is 2.33 bits per heavy atom. The highest BCUT2D eigenvalue weighted by Crippen LogP contribution is 1.75. The molecule has 54 valence electrons. The maximum Gasteiger partial charge on any atom is 0.317 e. The number of nitrogens with one attached hydrogen (secondary N) is 1. The molecule has 0 aliphatic carbocycles. The molecule has 0 radical (unpaired) electrons. The van der Waals surface area contributed by atoms with Crippen LogP contribution in [-0.4, -0.2) is 35.4 Å². The van der Waals surface area contributed by atoms with Crippen molar-refractivity contribution >= 4 is 5.97 Å². The molecule has 4 heteroatoms. The zero-order valence-corrected chi connectivity index (χ0v) is 5.29. The molecule has 0 rings (SSSR count). The average molecular weight is 133 g/mol. The molecule has 0 unspecified atom stereocenters. The maximum atomic E-state index is 9.88. The molecular weight excluding hydrogens is 122 g/mol. The fourth-order valence-corrected chi connectivity index (χ4v) is 0.326. The average Bonchev–Trinajstić information content (AvgIpc) is 1.83. The number of carboxylic acids is 1. The second-order valence-electron chi connectivity index (χ2n) is 1.86. The van der Waals surface area contributed by atoms with Gasteiger partial charge >= 0.3 is 5.97 Å². The van der Waals surface area contributed by atoms with Gasteiger partial charge in [-0.2, -0.15) is 0 Å². The van der Waals surface area contributed by atoms with Crippen LogP contribution in [0.4, 0.5) is 0 Å². The number of aliphatic hydroxyl groups is 1. The van der Waals surface area contributed by atoms with Gasteiger partial charge in [0.25, 0.3) is 0 Å². The lowest BCUT2D eigenvalue weighted by Gasteiger charge is -2.06. The first-order chi connectivity index (χ1) is 4.16. The molecule has 0 saturated carbocycles. The Morgan fingerprint density at radius 3 is 2.67 bits per heavy atom. The summed E-state index contributed by atoms with van der Waals surface area (Å²) in [7, 11) is 0. The molecule has 0 aliphatic heterocycles. The van der Waals surface area contributed by atoms with Gasteiger partial charge in [-0.3, -0.25) is 4.79 Å². The van der Waals surface area contributed by atoms with Crippen molar-refractivity contribution in [2.45, 2.75) is 13.0 Å². The van der Waals surface area contributed by atoms with E-state index in [0.717, 1.165) is 0 Å². The van der Waals surface area contributed by atoms with Crippen LogP contribution in [0.5, 0.6) is 0 Å². The van der Waals surface area contributed by atoms with Gasteiger partial charge in [-0.1, -0.05) is 0 Å². The summed E-state index contributed by atoms with van der Waals surface area (Å²) in [6.07, 6.45) is 0. The van der Waals surface area contributed by atoms with E-state index < -0.39 is 5.97 Å². The number of aliphatic hydroxyl groups excluding tert-OH is 1. The fraction of sp³-hybridized carbons (Fsp3) is 0.800. The Kier molecular flexibility index (Phi) is 4.00. The Bertz CT molecular complexity index is 94.2. The van der Waals surface area contributed by atoms with Crippen LogP contribution in [0, 0.1) is 0 Å². The molecule has 0 amide bonds.